The number of ether oxygens (including phenoxy) is 2. The van der Waals surface area contributed by atoms with Gasteiger partial charge in [0.25, 0.3) is 0 Å². The maximum Gasteiger partial charge on any atom is 0.310 e. The van der Waals surface area contributed by atoms with E-state index >= 15 is 0 Å². The lowest BCUT2D eigenvalue weighted by Gasteiger charge is -2.14. The lowest BCUT2D eigenvalue weighted by atomic mass is 10.1. The molecule has 0 fully saturated rings. The van der Waals surface area contributed by atoms with Crippen LogP contribution in [0.4, 0.5) is 0 Å². The van der Waals surface area contributed by atoms with Crippen LogP contribution in [0.3, 0.4) is 0 Å². The zero-order valence-electron chi connectivity index (χ0n) is 9.92. The number of rotatable bonds is 4. The fraction of sp³-hybridized carbons (Fsp3) is 0.417. The number of carbonyl (C=O) groups is 1. The highest BCUT2D eigenvalue weighted by Crippen LogP contribution is 2.31. The second-order valence-electron chi connectivity index (χ2n) is 3.79. The fourth-order valence-corrected chi connectivity index (χ4v) is 1.64. The van der Waals surface area contributed by atoms with Crippen LogP contribution in [-0.2, 0) is 16.0 Å². The van der Waals surface area contributed by atoms with Crippen molar-refractivity contribution in [1.29, 1.82) is 0 Å². The molecule has 0 bridgehead atoms. The molecule has 0 unspecified atom stereocenters. The second kappa shape index (κ2) is 6.12. The standard InChI is InChI=1S/C12H14Cl2O3/c1-7(2)17-11-6-10(14)9(13)4-8(11)5-12(15)16-3/h4,6-7H,5H2,1-3H3. The van der Waals surface area contributed by atoms with Gasteiger partial charge >= 0.3 is 5.97 Å². The molecule has 0 aliphatic rings. The molecule has 0 radical (unpaired) electrons. The van der Waals surface area contributed by atoms with Crippen molar-refractivity contribution in [3.05, 3.63) is 27.7 Å². The summed E-state index contributed by atoms with van der Waals surface area (Å²) in [5.41, 5.74) is 0.667. The van der Waals surface area contributed by atoms with Crippen LogP contribution in [-0.4, -0.2) is 19.2 Å². The molecule has 0 saturated carbocycles. The maximum atomic E-state index is 11.3. The van der Waals surface area contributed by atoms with E-state index in [0.717, 1.165) is 0 Å². The van der Waals surface area contributed by atoms with E-state index in [-0.39, 0.29) is 18.5 Å². The maximum absolute atomic E-state index is 11.3. The topological polar surface area (TPSA) is 35.5 Å². The van der Waals surface area contributed by atoms with Crippen LogP contribution >= 0.6 is 23.2 Å². The Hall–Kier alpha value is -0.930. The minimum Gasteiger partial charge on any atom is -0.491 e. The molecule has 3 nitrogen and oxygen atoms in total. The van der Waals surface area contributed by atoms with E-state index in [1.165, 1.54) is 7.11 Å². The highest BCUT2D eigenvalue weighted by molar-refractivity contribution is 6.42. The van der Waals surface area contributed by atoms with Gasteiger partial charge in [0.2, 0.25) is 0 Å². The lowest BCUT2D eigenvalue weighted by molar-refractivity contribution is -0.139. The zero-order valence-corrected chi connectivity index (χ0v) is 11.4. The third kappa shape index (κ3) is 4.10. The summed E-state index contributed by atoms with van der Waals surface area (Å²) in [4.78, 5) is 11.3. The van der Waals surface area contributed by atoms with Gasteiger partial charge in [0.05, 0.1) is 29.7 Å². The predicted octanol–water partition coefficient (Wildman–Crippen LogP) is 3.50. The van der Waals surface area contributed by atoms with Gasteiger partial charge in [-0.05, 0) is 19.9 Å². The Labute approximate surface area is 111 Å². The molecule has 0 aromatic heterocycles. The van der Waals surface area contributed by atoms with E-state index in [4.69, 9.17) is 27.9 Å². The first-order valence-corrected chi connectivity index (χ1v) is 5.91. The van der Waals surface area contributed by atoms with E-state index in [9.17, 15) is 4.79 Å². The van der Waals surface area contributed by atoms with Gasteiger partial charge in [0.1, 0.15) is 5.75 Å². The summed E-state index contributed by atoms with van der Waals surface area (Å²) < 4.78 is 10.2. The van der Waals surface area contributed by atoms with E-state index in [0.29, 0.717) is 21.4 Å². The summed E-state index contributed by atoms with van der Waals surface area (Å²) in [5, 5.41) is 0.789. The molecular weight excluding hydrogens is 263 g/mol. The Morgan fingerprint density at radius 2 is 1.88 bits per heavy atom. The molecule has 5 heteroatoms. The zero-order chi connectivity index (χ0) is 13.0. The van der Waals surface area contributed by atoms with Crippen LogP contribution in [0.1, 0.15) is 19.4 Å². The number of benzene rings is 1. The molecule has 1 aromatic carbocycles. The molecule has 17 heavy (non-hydrogen) atoms. The average molecular weight is 277 g/mol. The Balaban J connectivity index is 3.06. The molecule has 0 heterocycles. The minimum atomic E-state index is -0.350. The highest BCUT2D eigenvalue weighted by Gasteiger charge is 2.13. The summed E-state index contributed by atoms with van der Waals surface area (Å²) in [7, 11) is 1.34. The third-order valence-electron chi connectivity index (χ3n) is 2.03. The van der Waals surface area contributed by atoms with E-state index in [1.807, 2.05) is 13.8 Å². The van der Waals surface area contributed by atoms with Gasteiger partial charge in [-0.2, -0.15) is 0 Å². The van der Waals surface area contributed by atoms with E-state index < -0.39 is 0 Å². The van der Waals surface area contributed by atoms with Crippen molar-refractivity contribution in [3.63, 3.8) is 0 Å². The van der Waals surface area contributed by atoms with Crippen molar-refractivity contribution >= 4 is 29.2 Å². The summed E-state index contributed by atoms with van der Waals surface area (Å²) in [6, 6.07) is 3.24. The van der Waals surface area contributed by atoms with Crippen LogP contribution in [0.15, 0.2) is 12.1 Å². The molecule has 0 spiro atoms. The van der Waals surface area contributed by atoms with Crippen molar-refractivity contribution in [2.24, 2.45) is 0 Å². The van der Waals surface area contributed by atoms with Gasteiger partial charge in [-0.3, -0.25) is 4.79 Å². The molecule has 1 aromatic rings. The van der Waals surface area contributed by atoms with Crippen LogP contribution in [0.5, 0.6) is 5.75 Å². The van der Waals surface area contributed by atoms with Crippen molar-refractivity contribution in [2.75, 3.05) is 7.11 Å². The normalized spacial score (nSPS) is 10.5. The van der Waals surface area contributed by atoms with Gasteiger partial charge in [-0.15, -0.1) is 0 Å². The van der Waals surface area contributed by atoms with Crippen LogP contribution in [0.25, 0.3) is 0 Å². The molecule has 0 aliphatic carbocycles. The Kier molecular flexibility index (Phi) is 5.09. The fourth-order valence-electron chi connectivity index (χ4n) is 1.30. The first-order valence-electron chi connectivity index (χ1n) is 5.15. The first kappa shape index (κ1) is 14.1. The molecule has 0 N–H and O–H groups in total. The van der Waals surface area contributed by atoms with Gasteiger partial charge in [0.15, 0.2) is 0 Å². The smallest absolute Gasteiger partial charge is 0.310 e. The van der Waals surface area contributed by atoms with Crippen LogP contribution in [0, 0.1) is 0 Å². The summed E-state index contributed by atoms with van der Waals surface area (Å²) in [6.45, 7) is 3.79. The number of methoxy groups -OCH3 is 1. The Morgan fingerprint density at radius 3 is 2.41 bits per heavy atom. The summed E-state index contributed by atoms with van der Waals surface area (Å²) in [5.74, 6) is 0.205. The quantitative estimate of drug-likeness (QED) is 0.790. The molecule has 94 valence electrons. The monoisotopic (exact) mass is 276 g/mol. The van der Waals surface area contributed by atoms with E-state index in [2.05, 4.69) is 4.74 Å². The van der Waals surface area contributed by atoms with Crippen molar-refractivity contribution < 1.29 is 14.3 Å². The van der Waals surface area contributed by atoms with Crippen molar-refractivity contribution in [3.8, 4) is 5.75 Å². The average Bonchev–Trinajstić information content (AvgIpc) is 2.24. The number of hydrogen-bond acceptors (Lipinski definition) is 3. The first-order chi connectivity index (χ1) is 7.93. The molecule has 1 rings (SSSR count). The molecular formula is C12H14Cl2O3. The Bertz CT molecular complexity index is 416. The number of carbonyl (C=O) groups excluding carboxylic acids is 1. The largest absolute Gasteiger partial charge is 0.491 e. The summed E-state index contributed by atoms with van der Waals surface area (Å²) >= 11 is 11.8. The number of hydrogen-bond donors (Lipinski definition) is 0. The van der Waals surface area contributed by atoms with E-state index in [1.54, 1.807) is 12.1 Å². The van der Waals surface area contributed by atoms with Crippen LogP contribution < -0.4 is 4.74 Å². The molecule has 0 atom stereocenters. The highest BCUT2D eigenvalue weighted by atomic mass is 35.5. The minimum absolute atomic E-state index is 0.0105. The lowest BCUT2D eigenvalue weighted by Crippen LogP contribution is -2.11. The van der Waals surface area contributed by atoms with Gasteiger partial charge in [-0.1, -0.05) is 23.2 Å². The van der Waals surface area contributed by atoms with Gasteiger partial charge in [-0.25, -0.2) is 0 Å². The third-order valence-corrected chi connectivity index (χ3v) is 2.75. The van der Waals surface area contributed by atoms with Crippen molar-refractivity contribution in [1.82, 2.24) is 0 Å². The Morgan fingerprint density at radius 1 is 1.29 bits per heavy atom. The predicted molar refractivity (Wildman–Crippen MR) is 67.9 cm³/mol. The van der Waals surface area contributed by atoms with Crippen LogP contribution in [0.2, 0.25) is 10.0 Å². The summed E-state index contributed by atoms with van der Waals surface area (Å²) in [6.07, 6.45) is 0.0961. The number of esters is 1. The van der Waals surface area contributed by atoms with Gasteiger partial charge < -0.3 is 9.47 Å². The second-order valence-corrected chi connectivity index (χ2v) is 4.61. The molecule has 0 aliphatic heterocycles. The number of halogens is 2. The molecule has 0 saturated heterocycles. The van der Waals surface area contributed by atoms with Gasteiger partial charge in [0, 0.05) is 11.6 Å². The van der Waals surface area contributed by atoms with Crippen molar-refractivity contribution in [2.45, 2.75) is 26.4 Å². The SMILES string of the molecule is COC(=O)Cc1cc(Cl)c(Cl)cc1OC(C)C. The molecule has 0 amide bonds.